The minimum Gasteiger partial charge on any atom is -0.363 e. The second-order valence-electron chi connectivity index (χ2n) is 4.98. The molecule has 0 radical (unpaired) electrons. The van der Waals surface area contributed by atoms with E-state index in [2.05, 4.69) is 25.6 Å². The number of amides is 1. The van der Waals surface area contributed by atoms with Crippen LogP contribution in [0.4, 0.5) is 11.8 Å². The van der Waals surface area contributed by atoms with Crippen molar-refractivity contribution in [2.45, 2.75) is 6.92 Å². The molecule has 0 aliphatic rings. The summed E-state index contributed by atoms with van der Waals surface area (Å²) in [6.07, 6.45) is 1.59. The van der Waals surface area contributed by atoms with Gasteiger partial charge in [0.05, 0.1) is 0 Å². The molecule has 2 N–H and O–H groups in total. The van der Waals surface area contributed by atoms with Gasteiger partial charge in [-0.3, -0.25) is 9.78 Å². The fourth-order valence-electron chi connectivity index (χ4n) is 1.80. The van der Waals surface area contributed by atoms with Crippen molar-refractivity contribution in [1.82, 2.24) is 20.3 Å². The number of aromatic nitrogens is 3. The number of hydrogen-bond acceptors (Lipinski definition) is 6. The smallest absolute Gasteiger partial charge is 0.269 e. The number of pyridine rings is 1. The molecule has 2 aromatic heterocycles. The van der Waals surface area contributed by atoms with Gasteiger partial charge < -0.3 is 15.5 Å². The van der Waals surface area contributed by atoms with Crippen molar-refractivity contribution < 1.29 is 4.79 Å². The van der Waals surface area contributed by atoms with E-state index < -0.39 is 0 Å². The van der Waals surface area contributed by atoms with Crippen molar-refractivity contribution in [3.63, 3.8) is 0 Å². The van der Waals surface area contributed by atoms with Crippen molar-refractivity contribution in [2.75, 3.05) is 37.4 Å². The van der Waals surface area contributed by atoms with Crippen LogP contribution in [0.25, 0.3) is 0 Å². The van der Waals surface area contributed by atoms with Crippen molar-refractivity contribution in [3.05, 3.63) is 41.9 Å². The molecule has 0 saturated carbocycles. The van der Waals surface area contributed by atoms with Crippen LogP contribution in [-0.4, -0.2) is 48.0 Å². The Labute approximate surface area is 129 Å². The number of anilines is 2. The second kappa shape index (κ2) is 7.35. The molecule has 116 valence electrons. The zero-order valence-corrected chi connectivity index (χ0v) is 13.0. The van der Waals surface area contributed by atoms with Crippen molar-refractivity contribution in [3.8, 4) is 0 Å². The van der Waals surface area contributed by atoms with E-state index in [0.29, 0.717) is 24.7 Å². The zero-order chi connectivity index (χ0) is 15.9. The Bertz CT molecular complexity index is 629. The lowest BCUT2D eigenvalue weighted by Crippen LogP contribution is -2.29. The quantitative estimate of drug-likeness (QED) is 0.777. The van der Waals surface area contributed by atoms with Crippen LogP contribution in [0.2, 0.25) is 0 Å². The summed E-state index contributed by atoms with van der Waals surface area (Å²) >= 11 is 0. The molecular weight excluding hydrogens is 280 g/mol. The number of carbonyl (C=O) groups excluding carboxylic acids is 1. The van der Waals surface area contributed by atoms with E-state index in [1.165, 1.54) is 0 Å². The number of rotatable bonds is 6. The average Bonchev–Trinajstić information content (AvgIpc) is 2.51. The first-order valence-electron chi connectivity index (χ1n) is 7.02. The summed E-state index contributed by atoms with van der Waals surface area (Å²) in [6, 6.07) is 7.14. The largest absolute Gasteiger partial charge is 0.363 e. The number of aryl methyl sites for hydroxylation is 1. The monoisotopic (exact) mass is 300 g/mol. The van der Waals surface area contributed by atoms with Gasteiger partial charge in [-0.05, 0) is 19.1 Å². The van der Waals surface area contributed by atoms with Crippen molar-refractivity contribution in [1.29, 1.82) is 0 Å². The molecule has 7 nitrogen and oxygen atoms in total. The molecule has 2 aromatic rings. The van der Waals surface area contributed by atoms with Gasteiger partial charge in [0, 0.05) is 45.1 Å². The van der Waals surface area contributed by atoms with Gasteiger partial charge in [0.1, 0.15) is 11.5 Å². The van der Waals surface area contributed by atoms with Crippen LogP contribution in [0.15, 0.2) is 30.5 Å². The first-order chi connectivity index (χ1) is 10.6. The highest BCUT2D eigenvalue weighted by atomic mass is 16.1. The predicted molar refractivity (Wildman–Crippen MR) is 86.2 cm³/mol. The molecule has 2 heterocycles. The van der Waals surface area contributed by atoms with Gasteiger partial charge in [-0.1, -0.05) is 6.07 Å². The number of nitrogens with zero attached hydrogens (tertiary/aromatic N) is 4. The third-order valence-electron chi connectivity index (χ3n) is 2.89. The van der Waals surface area contributed by atoms with Crippen LogP contribution in [0, 0.1) is 6.92 Å². The third-order valence-corrected chi connectivity index (χ3v) is 2.89. The van der Waals surface area contributed by atoms with Gasteiger partial charge in [-0.2, -0.15) is 4.98 Å². The van der Waals surface area contributed by atoms with Gasteiger partial charge in [0.25, 0.3) is 5.91 Å². The van der Waals surface area contributed by atoms with Crippen LogP contribution in [0.5, 0.6) is 0 Å². The average molecular weight is 300 g/mol. The highest BCUT2D eigenvalue weighted by Gasteiger charge is 2.06. The molecule has 0 atom stereocenters. The summed E-state index contributed by atoms with van der Waals surface area (Å²) in [5.74, 6) is 1.20. The van der Waals surface area contributed by atoms with Gasteiger partial charge in [0.2, 0.25) is 5.95 Å². The molecule has 0 aliphatic carbocycles. The fraction of sp³-hybridized carbons (Fsp3) is 0.333. The summed E-state index contributed by atoms with van der Waals surface area (Å²) in [5, 5.41) is 5.89. The highest BCUT2D eigenvalue weighted by molar-refractivity contribution is 5.92. The Morgan fingerprint density at radius 3 is 2.73 bits per heavy atom. The molecule has 0 bridgehead atoms. The maximum atomic E-state index is 11.8. The SMILES string of the molecule is Cc1cc(N(C)C)nc(NCCNC(=O)c2ccccn2)n1. The van der Waals surface area contributed by atoms with E-state index >= 15 is 0 Å². The Morgan fingerprint density at radius 2 is 2.05 bits per heavy atom. The zero-order valence-electron chi connectivity index (χ0n) is 13.0. The topological polar surface area (TPSA) is 83.0 Å². The molecule has 0 aromatic carbocycles. The van der Waals surface area contributed by atoms with Gasteiger partial charge in [-0.25, -0.2) is 4.98 Å². The maximum absolute atomic E-state index is 11.8. The standard InChI is InChI=1S/C15H20N6O/c1-11-10-13(21(2)3)20-15(19-11)18-9-8-17-14(22)12-6-4-5-7-16-12/h4-7,10H,8-9H2,1-3H3,(H,17,22)(H,18,19,20). The second-order valence-corrected chi connectivity index (χ2v) is 4.98. The number of hydrogen-bond donors (Lipinski definition) is 2. The molecule has 7 heteroatoms. The van der Waals surface area contributed by atoms with Crippen molar-refractivity contribution >= 4 is 17.7 Å². The fourth-order valence-corrected chi connectivity index (χ4v) is 1.80. The third kappa shape index (κ3) is 4.41. The molecule has 0 fully saturated rings. The number of nitrogens with one attached hydrogen (secondary N) is 2. The Kier molecular flexibility index (Phi) is 5.24. The van der Waals surface area contributed by atoms with Gasteiger partial charge >= 0.3 is 0 Å². The predicted octanol–water partition coefficient (Wildman–Crippen LogP) is 1.09. The molecule has 22 heavy (non-hydrogen) atoms. The highest BCUT2D eigenvalue weighted by Crippen LogP contribution is 2.11. The Balaban J connectivity index is 1.83. The van der Waals surface area contributed by atoms with E-state index in [0.717, 1.165) is 11.5 Å². The summed E-state index contributed by atoms with van der Waals surface area (Å²) in [7, 11) is 3.86. The summed E-state index contributed by atoms with van der Waals surface area (Å²) in [4.78, 5) is 26.4. The van der Waals surface area contributed by atoms with E-state index in [1.54, 1.807) is 24.4 Å². The lowest BCUT2D eigenvalue weighted by Gasteiger charge is -2.13. The van der Waals surface area contributed by atoms with E-state index in [9.17, 15) is 4.79 Å². The van der Waals surface area contributed by atoms with Crippen molar-refractivity contribution in [2.24, 2.45) is 0 Å². The molecule has 2 rings (SSSR count). The molecule has 1 amide bonds. The van der Waals surface area contributed by atoms with Crippen LogP contribution < -0.4 is 15.5 Å². The summed E-state index contributed by atoms with van der Waals surface area (Å²) in [5.41, 5.74) is 1.29. The first-order valence-corrected chi connectivity index (χ1v) is 7.02. The van der Waals surface area contributed by atoms with E-state index in [1.807, 2.05) is 32.0 Å². The molecule has 0 saturated heterocycles. The minimum atomic E-state index is -0.193. The minimum absolute atomic E-state index is 0.193. The van der Waals surface area contributed by atoms with E-state index in [-0.39, 0.29) is 5.91 Å². The summed E-state index contributed by atoms with van der Waals surface area (Å²) < 4.78 is 0. The molecule has 0 spiro atoms. The van der Waals surface area contributed by atoms with Crippen LogP contribution in [0.3, 0.4) is 0 Å². The van der Waals surface area contributed by atoms with Gasteiger partial charge in [-0.15, -0.1) is 0 Å². The van der Waals surface area contributed by atoms with Crippen LogP contribution >= 0.6 is 0 Å². The maximum Gasteiger partial charge on any atom is 0.269 e. The Hall–Kier alpha value is -2.70. The lowest BCUT2D eigenvalue weighted by molar-refractivity contribution is 0.0950. The lowest BCUT2D eigenvalue weighted by atomic mass is 10.3. The van der Waals surface area contributed by atoms with Crippen LogP contribution in [0.1, 0.15) is 16.2 Å². The Morgan fingerprint density at radius 1 is 1.23 bits per heavy atom. The summed E-state index contributed by atoms with van der Waals surface area (Å²) in [6.45, 7) is 2.92. The van der Waals surface area contributed by atoms with E-state index in [4.69, 9.17) is 0 Å². The normalized spacial score (nSPS) is 10.1. The molecule has 0 unspecified atom stereocenters. The molecule has 0 aliphatic heterocycles. The number of carbonyl (C=O) groups is 1. The first kappa shape index (κ1) is 15.7. The molecular formula is C15H20N6O. The van der Waals surface area contributed by atoms with Crippen LogP contribution in [-0.2, 0) is 0 Å². The van der Waals surface area contributed by atoms with Gasteiger partial charge in [0.15, 0.2) is 0 Å².